The summed E-state index contributed by atoms with van der Waals surface area (Å²) in [6, 6.07) is 6.92. The molecule has 125 valence electrons. The quantitative estimate of drug-likeness (QED) is 0.385. The average Bonchev–Trinajstić information content (AvgIpc) is 2.38. The molecular formula is C15H24CuO4S. The Hall–Kier alpha value is -0.551. The maximum absolute atomic E-state index is 10.8. The van der Waals surface area contributed by atoms with Crippen LogP contribution in [-0.4, -0.2) is 13.0 Å². The molecule has 0 aliphatic heterocycles. The standard InChI is InChI=1S/C15H24O4S.Cu/c1-2-3-4-5-6-7-8-11-14-12-9-10-13-15(14)19-20(16,17)18;/h9-10,12-13H,2-8,11H2,1H3,(H,16,17,18);. The van der Waals surface area contributed by atoms with E-state index in [4.69, 9.17) is 4.55 Å². The summed E-state index contributed by atoms with van der Waals surface area (Å²) in [4.78, 5) is 0. The van der Waals surface area contributed by atoms with Gasteiger partial charge >= 0.3 is 10.4 Å². The second kappa shape index (κ2) is 11.1. The van der Waals surface area contributed by atoms with Crippen LogP contribution in [0, 0.1) is 0 Å². The van der Waals surface area contributed by atoms with E-state index in [2.05, 4.69) is 11.1 Å². The minimum atomic E-state index is -4.45. The Morgan fingerprint density at radius 2 is 1.57 bits per heavy atom. The van der Waals surface area contributed by atoms with Crippen molar-refractivity contribution in [2.45, 2.75) is 58.3 Å². The molecule has 0 spiro atoms. The van der Waals surface area contributed by atoms with Crippen molar-refractivity contribution in [3.05, 3.63) is 29.8 Å². The van der Waals surface area contributed by atoms with Gasteiger partial charge in [0, 0.05) is 17.1 Å². The van der Waals surface area contributed by atoms with Crippen LogP contribution >= 0.6 is 0 Å². The van der Waals surface area contributed by atoms with E-state index in [0.29, 0.717) is 0 Å². The van der Waals surface area contributed by atoms with Crippen LogP contribution < -0.4 is 4.18 Å². The Bertz CT molecular complexity index is 488. The number of benzene rings is 1. The van der Waals surface area contributed by atoms with Gasteiger partial charge in [0.1, 0.15) is 5.75 Å². The van der Waals surface area contributed by atoms with Gasteiger partial charge in [-0.05, 0) is 24.5 Å². The van der Waals surface area contributed by atoms with E-state index in [9.17, 15) is 8.42 Å². The van der Waals surface area contributed by atoms with Gasteiger partial charge < -0.3 is 4.18 Å². The SMILES string of the molecule is CCCCCCCCCc1ccccc1OS(=O)(=O)O.[Cu]. The Morgan fingerprint density at radius 1 is 1.00 bits per heavy atom. The third-order valence-electron chi connectivity index (χ3n) is 3.22. The summed E-state index contributed by atoms with van der Waals surface area (Å²) >= 11 is 0. The molecule has 0 heterocycles. The van der Waals surface area contributed by atoms with Crippen LogP contribution in [0.3, 0.4) is 0 Å². The van der Waals surface area contributed by atoms with Crippen LogP contribution in [-0.2, 0) is 33.9 Å². The fraction of sp³-hybridized carbons (Fsp3) is 0.600. The van der Waals surface area contributed by atoms with Crippen molar-refractivity contribution in [2.75, 3.05) is 0 Å². The molecule has 0 aromatic heterocycles. The average molecular weight is 364 g/mol. The second-order valence-corrected chi connectivity index (χ2v) is 6.01. The third kappa shape index (κ3) is 9.91. The molecule has 0 aliphatic carbocycles. The van der Waals surface area contributed by atoms with Gasteiger partial charge in [0.05, 0.1) is 0 Å². The van der Waals surface area contributed by atoms with E-state index < -0.39 is 10.4 Å². The minimum Gasteiger partial charge on any atom is -0.362 e. The van der Waals surface area contributed by atoms with E-state index in [1.54, 1.807) is 12.1 Å². The summed E-state index contributed by atoms with van der Waals surface area (Å²) in [7, 11) is -4.45. The number of hydrogen-bond donors (Lipinski definition) is 1. The van der Waals surface area contributed by atoms with Crippen molar-refractivity contribution in [1.82, 2.24) is 0 Å². The van der Waals surface area contributed by atoms with Crippen LogP contribution in [0.2, 0.25) is 0 Å². The topological polar surface area (TPSA) is 63.6 Å². The molecule has 1 aromatic rings. The molecule has 0 saturated carbocycles. The number of para-hydroxylation sites is 1. The van der Waals surface area contributed by atoms with Crippen molar-refractivity contribution in [3.63, 3.8) is 0 Å². The molecule has 0 atom stereocenters. The largest absolute Gasteiger partial charge is 0.446 e. The first-order valence-electron chi connectivity index (χ1n) is 7.27. The molecule has 0 aliphatic rings. The molecule has 0 amide bonds. The Morgan fingerprint density at radius 3 is 2.19 bits per heavy atom. The third-order valence-corrected chi connectivity index (χ3v) is 3.61. The summed E-state index contributed by atoms with van der Waals surface area (Å²) in [6.07, 6.45) is 9.20. The first kappa shape index (κ1) is 20.4. The van der Waals surface area contributed by atoms with Gasteiger partial charge in [-0.1, -0.05) is 63.6 Å². The van der Waals surface area contributed by atoms with Crippen LogP contribution in [0.15, 0.2) is 24.3 Å². The fourth-order valence-electron chi connectivity index (χ4n) is 2.18. The van der Waals surface area contributed by atoms with Gasteiger partial charge in [0.15, 0.2) is 0 Å². The maximum Gasteiger partial charge on any atom is 0.446 e. The van der Waals surface area contributed by atoms with E-state index in [-0.39, 0.29) is 22.8 Å². The Labute approximate surface area is 138 Å². The van der Waals surface area contributed by atoms with Gasteiger partial charge in [0.2, 0.25) is 0 Å². The first-order chi connectivity index (χ1) is 9.53. The molecular weight excluding hydrogens is 340 g/mol. The predicted octanol–water partition coefficient (Wildman–Crippen LogP) is 4.16. The molecule has 1 N–H and O–H groups in total. The Kier molecular flexibility index (Phi) is 10.8. The van der Waals surface area contributed by atoms with Gasteiger partial charge in [-0.3, -0.25) is 4.55 Å². The van der Waals surface area contributed by atoms with Crippen LogP contribution in [0.4, 0.5) is 0 Å². The molecule has 6 heteroatoms. The Balaban J connectivity index is 0.00000400. The fourth-order valence-corrected chi connectivity index (χ4v) is 2.57. The minimum absolute atomic E-state index is 0. The zero-order valence-electron chi connectivity index (χ0n) is 12.3. The van der Waals surface area contributed by atoms with Crippen LogP contribution in [0.5, 0.6) is 5.75 Å². The smallest absolute Gasteiger partial charge is 0.362 e. The molecule has 1 radical (unpaired) electrons. The first-order valence-corrected chi connectivity index (χ1v) is 8.64. The van der Waals surface area contributed by atoms with Crippen molar-refractivity contribution in [1.29, 1.82) is 0 Å². The molecule has 4 nitrogen and oxygen atoms in total. The van der Waals surface area contributed by atoms with E-state index in [1.165, 1.54) is 32.1 Å². The van der Waals surface area contributed by atoms with Crippen molar-refractivity contribution in [2.24, 2.45) is 0 Å². The zero-order chi connectivity index (χ0) is 14.8. The van der Waals surface area contributed by atoms with Crippen molar-refractivity contribution >= 4 is 10.4 Å². The van der Waals surface area contributed by atoms with E-state index in [0.717, 1.165) is 24.8 Å². The van der Waals surface area contributed by atoms with Gasteiger partial charge in [-0.2, -0.15) is 8.42 Å². The summed E-state index contributed by atoms with van der Waals surface area (Å²) < 4.78 is 34.8. The van der Waals surface area contributed by atoms with Gasteiger partial charge in [0.25, 0.3) is 0 Å². The van der Waals surface area contributed by atoms with Crippen LogP contribution in [0.25, 0.3) is 0 Å². The van der Waals surface area contributed by atoms with Crippen LogP contribution in [0.1, 0.15) is 57.4 Å². The van der Waals surface area contributed by atoms with Crippen molar-refractivity contribution < 1.29 is 34.2 Å². The molecule has 0 unspecified atom stereocenters. The van der Waals surface area contributed by atoms with Crippen molar-refractivity contribution in [3.8, 4) is 5.75 Å². The summed E-state index contributed by atoms with van der Waals surface area (Å²) in [5.74, 6) is 0.223. The summed E-state index contributed by atoms with van der Waals surface area (Å²) in [5, 5.41) is 0. The zero-order valence-corrected chi connectivity index (χ0v) is 14.1. The summed E-state index contributed by atoms with van der Waals surface area (Å²) in [5.41, 5.74) is 0.818. The molecule has 1 rings (SSSR count). The van der Waals surface area contributed by atoms with E-state index >= 15 is 0 Å². The molecule has 0 saturated heterocycles. The molecule has 21 heavy (non-hydrogen) atoms. The normalized spacial score (nSPS) is 11.0. The second-order valence-electron chi connectivity index (χ2n) is 4.99. The maximum atomic E-state index is 10.8. The molecule has 1 aromatic carbocycles. The van der Waals surface area contributed by atoms with E-state index in [1.807, 2.05) is 12.1 Å². The number of rotatable bonds is 10. The predicted molar refractivity (Wildman–Crippen MR) is 80.3 cm³/mol. The monoisotopic (exact) mass is 363 g/mol. The number of unbranched alkanes of at least 4 members (excludes halogenated alkanes) is 6. The number of hydrogen-bond acceptors (Lipinski definition) is 3. The van der Waals surface area contributed by atoms with Gasteiger partial charge in [-0.25, -0.2) is 0 Å². The number of aryl methyl sites for hydroxylation is 1. The van der Waals surface area contributed by atoms with Gasteiger partial charge in [-0.15, -0.1) is 0 Å². The molecule has 0 bridgehead atoms. The molecule has 0 fully saturated rings. The summed E-state index contributed by atoms with van der Waals surface area (Å²) in [6.45, 7) is 2.20.